The molecule has 2 N–H and O–H groups in total. The second-order valence-corrected chi connectivity index (χ2v) is 8.47. The Labute approximate surface area is 187 Å². The lowest BCUT2D eigenvalue weighted by Crippen LogP contribution is -2.22. The molecule has 31 heavy (non-hydrogen) atoms. The van der Waals surface area contributed by atoms with Crippen molar-refractivity contribution in [3.05, 3.63) is 83.9 Å². The Balaban J connectivity index is 1.59. The van der Waals surface area contributed by atoms with Crippen LogP contribution in [-0.4, -0.2) is 23.7 Å². The van der Waals surface area contributed by atoms with Gasteiger partial charge in [0, 0.05) is 21.8 Å². The Hall–Kier alpha value is -3.25. The zero-order valence-electron chi connectivity index (χ0n) is 17.8. The monoisotopic (exact) mass is 434 g/mol. The molecule has 0 aliphatic rings. The van der Waals surface area contributed by atoms with Crippen LogP contribution in [0.2, 0.25) is 0 Å². The largest absolute Gasteiger partial charge is 0.494 e. The third-order valence-corrected chi connectivity index (χ3v) is 5.58. The molecule has 0 radical (unpaired) electrons. The Morgan fingerprint density at radius 1 is 0.935 bits per heavy atom. The molecule has 3 aromatic rings. The lowest BCUT2D eigenvalue weighted by molar-refractivity contribution is -0.115. The summed E-state index contributed by atoms with van der Waals surface area (Å²) in [6.45, 7) is 6.34. The molecule has 0 aliphatic heterocycles. The summed E-state index contributed by atoms with van der Waals surface area (Å²) in [6, 6.07) is 22.3. The molecule has 0 heterocycles. The smallest absolute Gasteiger partial charge is 0.255 e. The van der Waals surface area contributed by atoms with Crippen LogP contribution in [0.25, 0.3) is 0 Å². The van der Waals surface area contributed by atoms with Crippen LogP contribution in [0.5, 0.6) is 5.75 Å². The van der Waals surface area contributed by atoms with Crippen molar-refractivity contribution >= 4 is 35.0 Å². The molecule has 6 heteroatoms. The number of thioether (sulfide) groups is 1. The minimum Gasteiger partial charge on any atom is -0.494 e. The molecule has 0 saturated carbocycles. The van der Waals surface area contributed by atoms with E-state index in [2.05, 4.69) is 10.6 Å². The number of amides is 2. The van der Waals surface area contributed by atoms with E-state index in [1.807, 2.05) is 87.5 Å². The van der Waals surface area contributed by atoms with Gasteiger partial charge in [0.2, 0.25) is 5.91 Å². The van der Waals surface area contributed by atoms with Gasteiger partial charge in [-0.15, -0.1) is 11.8 Å². The number of hydrogen-bond acceptors (Lipinski definition) is 4. The highest BCUT2D eigenvalue weighted by Crippen LogP contribution is 2.27. The Bertz CT molecular complexity index is 1050. The zero-order chi connectivity index (χ0) is 22.2. The zero-order valence-corrected chi connectivity index (χ0v) is 18.7. The van der Waals surface area contributed by atoms with Gasteiger partial charge in [0.15, 0.2) is 0 Å². The summed E-state index contributed by atoms with van der Waals surface area (Å²) in [5.74, 6) is 0.517. The topological polar surface area (TPSA) is 67.4 Å². The van der Waals surface area contributed by atoms with E-state index in [1.54, 1.807) is 6.07 Å². The molecular formula is C25H26N2O3S. The lowest BCUT2D eigenvalue weighted by atomic mass is 10.1. The third-order valence-electron chi connectivity index (χ3n) is 4.49. The van der Waals surface area contributed by atoms with E-state index in [-0.39, 0.29) is 17.1 Å². The maximum Gasteiger partial charge on any atom is 0.255 e. The minimum atomic E-state index is -0.311. The molecule has 160 valence electrons. The van der Waals surface area contributed by atoms with Gasteiger partial charge in [-0.3, -0.25) is 9.59 Å². The minimum absolute atomic E-state index is 0.0941. The standard InChI is InChI=1S/C25H26N2O3S/c1-4-30-22-13-11-20(12-14-22)26-24(28)18(3)31-23-10-6-9-21(16-23)27-25(29)19-8-5-7-17(2)15-19/h5-16,18H,4H2,1-3H3,(H,26,28)(H,27,29). The molecular weight excluding hydrogens is 408 g/mol. The number of benzene rings is 3. The second-order valence-electron chi connectivity index (χ2n) is 7.06. The number of aryl methyl sites for hydroxylation is 1. The molecule has 0 aliphatic carbocycles. The highest BCUT2D eigenvalue weighted by Gasteiger charge is 2.15. The molecule has 5 nitrogen and oxygen atoms in total. The molecule has 0 spiro atoms. The molecule has 1 atom stereocenters. The van der Waals surface area contributed by atoms with E-state index < -0.39 is 0 Å². The van der Waals surface area contributed by atoms with E-state index in [1.165, 1.54) is 11.8 Å². The molecule has 2 amide bonds. The van der Waals surface area contributed by atoms with Gasteiger partial charge in [0.05, 0.1) is 11.9 Å². The van der Waals surface area contributed by atoms with Crippen LogP contribution in [0.1, 0.15) is 29.8 Å². The quantitative estimate of drug-likeness (QED) is 0.442. The van der Waals surface area contributed by atoms with Gasteiger partial charge in [0.1, 0.15) is 5.75 Å². The van der Waals surface area contributed by atoms with Gasteiger partial charge in [-0.25, -0.2) is 0 Å². The maximum atomic E-state index is 12.6. The fourth-order valence-electron chi connectivity index (χ4n) is 2.94. The predicted molar refractivity (Wildman–Crippen MR) is 127 cm³/mol. The summed E-state index contributed by atoms with van der Waals surface area (Å²) in [4.78, 5) is 26.0. The molecule has 0 saturated heterocycles. The Kier molecular flexibility index (Phi) is 7.73. The molecule has 0 fully saturated rings. The molecule has 1 unspecified atom stereocenters. The van der Waals surface area contributed by atoms with Gasteiger partial charge < -0.3 is 15.4 Å². The summed E-state index contributed by atoms with van der Waals surface area (Å²) in [5, 5.41) is 5.53. The fraction of sp³-hybridized carbons (Fsp3) is 0.200. The number of nitrogens with one attached hydrogen (secondary N) is 2. The van der Waals surface area contributed by atoms with Gasteiger partial charge in [-0.2, -0.15) is 0 Å². The van der Waals surface area contributed by atoms with Crippen molar-refractivity contribution in [2.75, 3.05) is 17.2 Å². The SMILES string of the molecule is CCOc1ccc(NC(=O)C(C)Sc2cccc(NC(=O)c3cccc(C)c3)c2)cc1. The van der Waals surface area contributed by atoms with Crippen molar-refractivity contribution in [1.29, 1.82) is 0 Å². The maximum absolute atomic E-state index is 12.6. The summed E-state index contributed by atoms with van der Waals surface area (Å²) < 4.78 is 5.42. The van der Waals surface area contributed by atoms with Crippen LogP contribution < -0.4 is 15.4 Å². The van der Waals surface area contributed by atoms with Crippen molar-refractivity contribution in [3.8, 4) is 5.75 Å². The van der Waals surface area contributed by atoms with Crippen molar-refractivity contribution in [2.24, 2.45) is 0 Å². The Morgan fingerprint density at radius 2 is 1.68 bits per heavy atom. The van der Waals surface area contributed by atoms with Crippen molar-refractivity contribution < 1.29 is 14.3 Å². The average molecular weight is 435 g/mol. The lowest BCUT2D eigenvalue weighted by Gasteiger charge is -2.13. The van der Waals surface area contributed by atoms with E-state index in [0.717, 1.165) is 21.9 Å². The van der Waals surface area contributed by atoms with E-state index >= 15 is 0 Å². The predicted octanol–water partition coefficient (Wildman–Crippen LogP) is 5.77. The first kappa shape index (κ1) is 22.4. The van der Waals surface area contributed by atoms with Gasteiger partial charge in [-0.05, 0) is 75.4 Å². The van der Waals surface area contributed by atoms with Crippen molar-refractivity contribution in [3.63, 3.8) is 0 Å². The highest BCUT2D eigenvalue weighted by molar-refractivity contribution is 8.00. The number of carbonyl (C=O) groups excluding carboxylic acids is 2. The number of rotatable bonds is 8. The van der Waals surface area contributed by atoms with Crippen LogP contribution in [-0.2, 0) is 4.79 Å². The van der Waals surface area contributed by atoms with E-state index in [0.29, 0.717) is 17.9 Å². The summed E-state index contributed by atoms with van der Waals surface area (Å²) in [7, 11) is 0. The highest BCUT2D eigenvalue weighted by atomic mass is 32.2. The van der Waals surface area contributed by atoms with E-state index in [9.17, 15) is 9.59 Å². The average Bonchev–Trinajstić information content (AvgIpc) is 2.75. The van der Waals surface area contributed by atoms with Crippen LogP contribution in [0.4, 0.5) is 11.4 Å². The third kappa shape index (κ3) is 6.62. The fourth-order valence-corrected chi connectivity index (χ4v) is 3.87. The van der Waals surface area contributed by atoms with Crippen LogP contribution in [0, 0.1) is 6.92 Å². The van der Waals surface area contributed by atoms with Crippen molar-refractivity contribution in [1.82, 2.24) is 0 Å². The van der Waals surface area contributed by atoms with Crippen LogP contribution in [0.15, 0.2) is 77.7 Å². The summed E-state index contributed by atoms with van der Waals surface area (Å²) in [6.07, 6.45) is 0. The number of hydrogen-bond donors (Lipinski definition) is 2. The molecule has 0 aromatic heterocycles. The first-order valence-electron chi connectivity index (χ1n) is 10.1. The normalized spacial score (nSPS) is 11.5. The number of ether oxygens (including phenoxy) is 1. The molecule has 0 bridgehead atoms. The molecule has 3 rings (SSSR count). The molecule has 3 aromatic carbocycles. The van der Waals surface area contributed by atoms with Gasteiger partial charge in [0.25, 0.3) is 5.91 Å². The first-order chi connectivity index (χ1) is 14.9. The van der Waals surface area contributed by atoms with Gasteiger partial charge in [-0.1, -0.05) is 23.8 Å². The second kappa shape index (κ2) is 10.7. The number of carbonyl (C=O) groups is 2. The first-order valence-corrected chi connectivity index (χ1v) is 11.0. The summed E-state index contributed by atoms with van der Waals surface area (Å²) >= 11 is 1.43. The van der Waals surface area contributed by atoms with Crippen LogP contribution >= 0.6 is 11.8 Å². The van der Waals surface area contributed by atoms with Gasteiger partial charge >= 0.3 is 0 Å². The summed E-state index contributed by atoms with van der Waals surface area (Å²) in [5.41, 5.74) is 3.06. The van der Waals surface area contributed by atoms with E-state index in [4.69, 9.17) is 4.74 Å². The Morgan fingerprint density at radius 3 is 2.39 bits per heavy atom. The van der Waals surface area contributed by atoms with Crippen molar-refractivity contribution in [2.45, 2.75) is 30.9 Å². The number of anilines is 2. The van der Waals surface area contributed by atoms with Crippen LogP contribution in [0.3, 0.4) is 0 Å².